The van der Waals surface area contributed by atoms with Crippen LogP contribution in [0.4, 0.5) is 0 Å². The number of hydrogen-bond donors (Lipinski definition) is 2. The lowest BCUT2D eigenvalue weighted by Crippen LogP contribution is -2.28. The lowest BCUT2D eigenvalue weighted by molar-refractivity contribution is -0.142. The van der Waals surface area contributed by atoms with Crippen molar-refractivity contribution in [3.8, 4) is 0 Å². The van der Waals surface area contributed by atoms with E-state index in [1.807, 2.05) is 0 Å². The number of carboxylic acids is 1. The van der Waals surface area contributed by atoms with Crippen molar-refractivity contribution in [1.82, 2.24) is 10.3 Å². The van der Waals surface area contributed by atoms with Crippen LogP contribution in [0.2, 0.25) is 5.15 Å². The Labute approximate surface area is 103 Å². The highest BCUT2D eigenvalue weighted by Gasteiger charge is 2.06. The summed E-state index contributed by atoms with van der Waals surface area (Å²) < 4.78 is 4.74. The molecule has 0 aliphatic carbocycles. The van der Waals surface area contributed by atoms with Gasteiger partial charge >= 0.3 is 5.97 Å². The highest BCUT2D eigenvalue weighted by Crippen LogP contribution is 2.04. The van der Waals surface area contributed by atoms with Crippen LogP contribution in [0.25, 0.3) is 0 Å². The third-order valence-electron chi connectivity index (χ3n) is 1.71. The maximum Gasteiger partial charge on any atom is 0.329 e. The second-order valence-electron chi connectivity index (χ2n) is 3.05. The molecule has 0 aliphatic heterocycles. The Hall–Kier alpha value is -1.66. The zero-order chi connectivity index (χ0) is 12.7. The van der Waals surface area contributed by atoms with Crippen molar-refractivity contribution >= 4 is 23.5 Å². The molecule has 1 rings (SSSR count). The van der Waals surface area contributed by atoms with Crippen LogP contribution in [0.1, 0.15) is 10.5 Å². The zero-order valence-corrected chi connectivity index (χ0v) is 9.61. The zero-order valence-electron chi connectivity index (χ0n) is 8.85. The van der Waals surface area contributed by atoms with E-state index in [1.54, 1.807) is 12.1 Å². The fraction of sp³-hybridized carbons (Fsp3) is 0.300. The minimum atomic E-state index is -1.05. The van der Waals surface area contributed by atoms with Gasteiger partial charge in [-0.3, -0.25) is 4.79 Å². The molecule has 1 amide bonds. The second kappa shape index (κ2) is 6.82. The molecule has 0 aliphatic rings. The monoisotopic (exact) mass is 258 g/mol. The number of ether oxygens (including phenoxy) is 1. The molecule has 2 N–H and O–H groups in total. The van der Waals surface area contributed by atoms with E-state index in [9.17, 15) is 9.59 Å². The van der Waals surface area contributed by atoms with Gasteiger partial charge in [-0.25, -0.2) is 9.78 Å². The van der Waals surface area contributed by atoms with E-state index in [0.29, 0.717) is 0 Å². The van der Waals surface area contributed by atoms with Crippen molar-refractivity contribution in [2.24, 2.45) is 0 Å². The molecule has 6 nitrogen and oxygen atoms in total. The Kier molecular flexibility index (Phi) is 5.38. The smallest absolute Gasteiger partial charge is 0.329 e. The molecule has 0 radical (unpaired) electrons. The number of nitrogens with one attached hydrogen (secondary N) is 1. The van der Waals surface area contributed by atoms with Crippen LogP contribution in [-0.2, 0) is 9.53 Å². The summed E-state index contributed by atoms with van der Waals surface area (Å²) in [6.45, 7) is -0.0514. The van der Waals surface area contributed by atoms with Gasteiger partial charge in [0.2, 0.25) is 0 Å². The van der Waals surface area contributed by atoms with Crippen molar-refractivity contribution < 1.29 is 19.4 Å². The van der Waals surface area contributed by atoms with Gasteiger partial charge in [0, 0.05) is 6.54 Å². The average Bonchev–Trinajstić information content (AvgIpc) is 2.28. The first-order valence-electron chi connectivity index (χ1n) is 4.80. The number of halogens is 1. The van der Waals surface area contributed by atoms with Crippen LogP contribution in [0.5, 0.6) is 0 Å². The Morgan fingerprint density at radius 3 is 2.88 bits per heavy atom. The molecule has 0 bridgehead atoms. The lowest BCUT2D eigenvalue weighted by Gasteiger charge is -2.04. The van der Waals surface area contributed by atoms with E-state index < -0.39 is 5.97 Å². The number of rotatable bonds is 6. The standard InChI is InChI=1S/C10H11ClN2O4/c11-8-3-1-2-7(13-8)10(16)12-4-5-17-6-9(14)15/h1-3H,4-6H2,(H,12,16)(H,14,15). The summed E-state index contributed by atoms with van der Waals surface area (Å²) >= 11 is 5.63. The molecule has 0 saturated heterocycles. The highest BCUT2D eigenvalue weighted by molar-refractivity contribution is 6.29. The van der Waals surface area contributed by atoms with E-state index in [1.165, 1.54) is 6.07 Å². The Morgan fingerprint density at radius 1 is 1.47 bits per heavy atom. The second-order valence-corrected chi connectivity index (χ2v) is 3.44. The Balaban J connectivity index is 2.28. The van der Waals surface area contributed by atoms with E-state index in [-0.39, 0.29) is 36.5 Å². The SMILES string of the molecule is O=C(O)COCCNC(=O)c1cccc(Cl)n1. The summed E-state index contributed by atoms with van der Waals surface area (Å²) in [6.07, 6.45) is 0. The largest absolute Gasteiger partial charge is 0.480 e. The summed E-state index contributed by atoms with van der Waals surface area (Å²) in [7, 11) is 0. The van der Waals surface area contributed by atoms with Crippen molar-refractivity contribution in [2.45, 2.75) is 0 Å². The van der Waals surface area contributed by atoms with Gasteiger partial charge in [-0.2, -0.15) is 0 Å². The molecule has 17 heavy (non-hydrogen) atoms. The lowest BCUT2D eigenvalue weighted by atomic mass is 10.3. The van der Waals surface area contributed by atoms with Crippen molar-refractivity contribution in [3.63, 3.8) is 0 Å². The number of pyridine rings is 1. The van der Waals surface area contributed by atoms with Gasteiger partial charge in [0.15, 0.2) is 0 Å². The summed E-state index contributed by atoms with van der Waals surface area (Å²) in [5.74, 6) is -1.43. The third-order valence-corrected chi connectivity index (χ3v) is 1.92. The predicted molar refractivity (Wildman–Crippen MR) is 60.0 cm³/mol. The number of nitrogens with zero attached hydrogens (tertiary/aromatic N) is 1. The highest BCUT2D eigenvalue weighted by atomic mass is 35.5. The first kappa shape index (κ1) is 13.4. The maximum absolute atomic E-state index is 11.5. The van der Waals surface area contributed by atoms with Gasteiger partial charge in [0.1, 0.15) is 17.5 Å². The number of carbonyl (C=O) groups excluding carboxylic acids is 1. The fourth-order valence-corrected chi connectivity index (χ4v) is 1.19. The van der Waals surface area contributed by atoms with Gasteiger partial charge in [-0.15, -0.1) is 0 Å². The molecular weight excluding hydrogens is 248 g/mol. The summed E-state index contributed by atoms with van der Waals surface area (Å²) in [4.78, 5) is 25.4. The van der Waals surface area contributed by atoms with Crippen LogP contribution in [0, 0.1) is 0 Å². The van der Waals surface area contributed by atoms with Gasteiger partial charge in [0.25, 0.3) is 5.91 Å². The van der Waals surface area contributed by atoms with E-state index in [2.05, 4.69) is 10.3 Å². The minimum absolute atomic E-state index is 0.124. The van der Waals surface area contributed by atoms with E-state index >= 15 is 0 Å². The van der Waals surface area contributed by atoms with Crippen molar-refractivity contribution in [3.05, 3.63) is 29.0 Å². The number of amides is 1. The molecule has 0 spiro atoms. The molecule has 7 heteroatoms. The molecule has 1 aromatic heterocycles. The van der Waals surface area contributed by atoms with E-state index in [0.717, 1.165) is 0 Å². The van der Waals surface area contributed by atoms with Gasteiger partial charge in [-0.1, -0.05) is 17.7 Å². The number of aliphatic carboxylic acids is 1. The normalized spacial score (nSPS) is 9.94. The van der Waals surface area contributed by atoms with Crippen LogP contribution < -0.4 is 5.32 Å². The van der Waals surface area contributed by atoms with Gasteiger partial charge in [0.05, 0.1) is 6.61 Å². The number of carboxylic acid groups (broad SMARTS) is 1. The Bertz CT molecular complexity index is 411. The van der Waals surface area contributed by atoms with E-state index in [4.69, 9.17) is 21.4 Å². The van der Waals surface area contributed by atoms with Crippen LogP contribution in [0.3, 0.4) is 0 Å². The van der Waals surface area contributed by atoms with Crippen molar-refractivity contribution in [2.75, 3.05) is 19.8 Å². The molecule has 92 valence electrons. The number of hydrogen-bond acceptors (Lipinski definition) is 4. The third kappa shape index (κ3) is 5.28. The molecule has 0 aromatic carbocycles. The molecule has 0 fully saturated rings. The molecule has 0 unspecified atom stereocenters. The quantitative estimate of drug-likeness (QED) is 0.575. The number of carbonyl (C=O) groups is 2. The Morgan fingerprint density at radius 2 is 2.24 bits per heavy atom. The van der Waals surface area contributed by atoms with Gasteiger partial charge in [-0.05, 0) is 12.1 Å². The minimum Gasteiger partial charge on any atom is -0.480 e. The summed E-state index contributed by atoms with van der Waals surface area (Å²) in [5, 5.41) is 11.1. The first-order chi connectivity index (χ1) is 8.09. The van der Waals surface area contributed by atoms with Crippen LogP contribution >= 0.6 is 11.6 Å². The maximum atomic E-state index is 11.5. The molecule has 1 heterocycles. The van der Waals surface area contributed by atoms with Crippen LogP contribution in [-0.4, -0.2) is 41.7 Å². The summed E-state index contributed by atoms with van der Waals surface area (Å²) in [6, 6.07) is 4.71. The fourth-order valence-electron chi connectivity index (χ4n) is 1.02. The van der Waals surface area contributed by atoms with Crippen LogP contribution in [0.15, 0.2) is 18.2 Å². The number of aromatic nitrogens is 1. The molecule has 0 saturated carbocycles. The average molecular weight is 259 g/mol. The summed E-state index contributed by atoms with van der Waals surface area (Å²) in [5.41, 5.74) is 0.204. The molecular formula is C10H11ClN2O4. The molecule has 0 atom stereocenters. The molecule has 1 aromatic rings. The predicted octanol–water partition coefficient (Wildman–Crippen LogP) is 0.566. The first-order valence-corrected chi connectivity index (χ1v) is 5.17. The van der Waals surface area contributed by atoms with Gasteiger partial charge < -0.3 is 15.2 Å². The topological polar surface area (TPSA) is 88.5 Å². The van der Waals surface area contributed by atoms with Crippen molar-refractivity contribution in [1.29, 1.82) is 0 Å².